The predicted octanol–water partition coefficient (Wildman–Crippen LogP) is 5.01. The van der Waals surface area contributed by atoms with Crippen LogP contribution in [0.1, 0.15) is 54.1 Å². The molecule has 42 heavy (non-hydrogen) atoms. The van der Waals surface area contributed by atoms with Gasteiger partial charge >= 0.3 is 0 Å². The van der Waals surface area contributed by atoms with Crippen molar-refractivity contribution in [3.63, 3.8) is 0 Å². The van der Waals surface area contributed by atoms with Crippen LogP contribution >= 0.6 is 11.6 Å². The zero-order chi connectivity index (χ0) is 30.3. The molecule has 8 nitrogen and oxygen atoms in total. The normalized spacial score (nSPS) is 14.3. The second kappa shape index (κ2) is 14.0. The number of carbonyl (C=O) groups is 3. The highest BCUT2D eigenvalue weighted by atomic mass is 35.5. The van der Waals surface area contributed by atoms with Crippen molar-refractivity contribution in [2.75, 3.05) is 17.1 Å². The van der Waals surface area contributed by atoms with Crippen molar-refractivity contribution in [1.82, 2.24) is 10.2 Å². The van der Waals surface area contributed by atoms with E-state index < -0.39 is 28.5 Å². The molecule has 1 unspecified atom stereocenters. The minimum atomic E-state index is -3.94. The summed E-state index contributed by atoms with van der Waals surface area (Å²) in [6.45, 7) is 0.877. The number of benzene rings is 3. The van der Waals surface area contributed by atoms with E-state index in [1.165, 1.54) is 24.0 Å². The fourth-order valence-corrected chi connectivity index (χ4v) is 6.30. The Hall–Kier alpha value is -3.69. The van der Waals surface area contributed by atoms with Crippen LogP contribution in [0.2, 0.25) is 5.02 Å². The molecule has 222 valence electrons. The predicted molar refractivity (Wildman–Crippen MR) is 165 cm³/mol. The van der Waals surface area contributed by atoms with Crippen molar-refractivity contribution in [2.45, 2.75) is 57.7 Å². The van der Waals surface area contributed by atoms with Gasteiger partial charge in [-0.15, -0.1) is 0 Å². The van der Waals surface area contributed by atoms with E-state index in [1.807, 2.05) is 36.4 Å². The minimum Gasteiger partial charge on any atom is -0.352 e. The summed E-state index contributed by atoms with van der Waals surface area (Å²) in [7, 11) is -3.94. The van der Waals surface area contributed by atoms with Crippen molar-refractivity contribution in [2.24, 2.45) is 0 Å². The summed E-state index contributed by atoms with van der Waals surface area (Å²) in [6, 6.07) is 21.7. The number of halogens is 1. The fourth-order valence-electron chi connectivity index (χ4n) is 5.25. The zero-order valence-electron chi connectivity index (χ0n) is 23.8. The molecule has 0 radical (unpaired) electrons. The Morgan fingerprint density at radius 1 is 0.929 bits per heavy atom. The summed E-state index contributed by atoms with van der Waals surface area (Å²) in [5, 5.41) is 3.62. The molecule has 4 rings (SSSR count). The highest BCUT2D eigenvalue weighted by molar-refractivity contribution is 7.92. The molecule has 0 aromatic heterocycles. The number of sulfonamides is 1. The molecule has 0 saturated heterocycles. The highest BCUT2D eigenvalue weighted by Crippen LogP contribution is 2.23. The number of hydrogen-bond acceptors (Lipinski definition) is 5. The average Bonchev–Trinajstić information content (AvgIpc) is 3.46. The van der Waals surface area contributed by atoms with Crippen molar-refractivity contribution in [3.05, 3.63) is 101 Å². The molecule has 0 heterocycles. The van der Waals surface area contributed by atoms with Gasteiger partial charge in [-0.05, 0) is 55.2 Å². The number of ketones is 1. The molecule has 10 heteroatoms. The fraction of sp³-hybridized carbons (Fsp3) is 0.344. The topological polar surface area (TPSA) is 104 Å². The lowest BCUT2D eigenvalue weighted by Crippen LogP contribution is -2.54. The van der Waals surface area contributed by atoms with Gasteiger partial charge in [0.25, 0.3) is 0 Å². The maximum Gasteiger partial charge on any atom is 0.244 e. The lowest BCUT2D eigenvalue weighted by molar-refractivity contribution is -0.140. The van der Waals surface area contributed by atoms with Crippen LogP contribution < -0.4 is 9.62 Å². The van der Waals surface area contributed by atoms with E-state index in [0.717, 1.165) is 41.8 Å². The molecular weight excluding hydrogens is 574 g/mol. The number of hydrogen-bond donors (Lipinski definition) is 1. The Kier molecular flexibility index (Phi) is 10.4. The van der Waals surface area contributed by atoms with E-state index in [4.69, 9.17) is 11.6 Å². The number of amides is 2. The molecule has 1 aliphatic rings. The third-order valence-corrected chi connectivity index (χ3v) is 8.81. The van der Waals surface area contributed by atoms with E-state index in [9.17, 15) is 22.8 Å². The van der Waals surface area contributed by atoms with Gasteiger partial charge in [0.05, 0.1) is 11.9 Å². The highest BCUT2D eigenvalue weighted by Gasteiger charge is 2.34. The first-order chi connectivity index (χ1) is 20.0. The molecule has 0 aliphatic heterocycles. The first-order valence-corrected chi connectivity index (χ1v) is 16.2. The van der Waals surface area contributed by atoms with Crippen molar-refractivity contribution < 1.29 is 22.8 Å². The summed E-state index contributed by atoms with van der Waals surface area (Å²) in [6.07, 6.45) is 5.06. The quantitative estimate of drug-likeness (QED) is 0.291. The first-order valence-electron chi connectivity index (χ1n) is 14.0. The van der Waals surface area contributed by atoms with Crippen LogP contribution in [0.4, 0.5) is 5.69 Å². The maximum atomic E-state index is 14.2. The second-order valence-electron chi connectivity index (χ2n) is 10.7. The lowest BCUT2D eigenvalue weighted by Gasteiger charge is -2.34. The summed E-state index contributed by atoms with van der Waals surface area (Å²) in [4.78, 5) is 41.5. The first kappa shape index (κ1) is 31.3. The average molecular weight is 610 g/mol. The molecular formula is C32H36ClN3O5S. The minimum absolute atomic E-state index is 0.0285. The van der Waals surface area contributed by atoms with Crippen LogP contribution in [0.3, 0.4) is 0 Å². The van der Waals surface area contributed by atoms with Crippen molar-refractivity contribution in [1.29, 1.82) is 0 Å². The van der Waals surface area contributed by atoms with Gasteiger partial charge in [-0.1, -0.05) is 79.0 Å². The van der Waals surface area contributed by atoms with Gasteiger partial charge < -0.3 is 10.2 Å². The molecule has 3 aromatic carbocycles. The van der Waals surface area contributed by atoms with Crippen LogP contribution in [0.25, 0.3) is 0 Å². The summed E-state index contributed by atoms with van der Waals surface area (Å²) < 4.78 is 26.9. The Bertz CT molecular complexity index is 1520. The van der Waals surface area contributed by atoms with Crippen molar-refractivity contribution in [3.8, 4) is 0 Å². The van der Waals surface area contributed by atoms with Crippen LogP contribution in [0.15, 0.2) is 78.9 Å². The molecule has 1 atom stereocenters. The largest absolute Gasteiger partial charge is 0.352 e. The SMILES string of the molecule is CC(=O)c1cccc(N(CC(=O)N(Cc2cccc(Cl)c2)C(Cc2ccccc2)C(=O)NC2CCCC2)S(C)(=O)=O)c1. The molecule has 3 aromatic rings. The monoisotopic (exact) mass is 609 g/mol. The van der Waals surface area contributed by atoms with Gasteiger partial charge in [0.2, 0.25) is 21.8 Å². The maximum absolute atomic E-state index is 14.2. The Morgan fingerprint density at radius 3 is 2.24 bits per heavy atom. The number of nitrogens with one attached hydrogen (secondary N) is 1. The van der Waals surface area contributed by atoms with Gasteiger partial charge in [-0.2, -0.15) is 0 Å². The molecule has 0 bridgehead atoms. The zero-order valence-corrected chi connectivity index (χ0v) is 25.4. The number of Topliss-reactive ketones (excluding diaryl/α,β-unsaturated/α-hetero) is 1. The van der Waals surface area contributed by atoms with Gasteiger partial charge in [0, 0.05) is 29.6 Å². The number of rotatable bonds is 12. The number of anilines is 1. The Labute approximate surface area is 252 Å². The van der Waals surface area contributed by atoms with Crippen LogP contribution in [0.5, 0.6) is 0 Å². The Morgan fingerprint density at radius 2 is 1.60 bits per heavy atom. The molecule has 1 N–H and O–H groups in total. The molecule has 0 spiro atoms. The third-order valence-electron chi connectivity index (χ3n) is 7.43. The number of carbonyl (C=O) groups excluding carboxylic acids is 3. The lowest BCUT2D eigenvalue weighted by atomic mass is 10.0. The molecule has 2 amide bonds. The third kappa shape index (κ3) is 8.42. The van der Waals surface area contributed by atoms with Crippen LogP contribution in [-0.4, -0.2) is 55.8 Å². The molecule has 1 aliphatic carbocycles. The van der Waals surface area contributed by atoms with E-state index in [1.54, 1.807) is 30.3 Å². The van der Waals surface area contributed by atoms with E-state index in [0.29, 0.717) is 16.1 Å². The van der Waals surface area contributed by atoms with Gasteiger partial charge in [-0.25, -0.2) is 8.42 Å². The van der Waals surface area contributed by atoms with E-state index >= 15 is 0 Å². The molecule has 1 saturated carbocycles. The Balaban J connectivity index is 1.74. The summed E-state index contributed by atoms with van der Waals surface area (Å²) in [5.41, 5.74) is 2.08. The summed E-state index contributed by atoms with van der Waals surface area (Å²) in [5.74, 6) is -1.08. The summed E-state index contributed by atoms with van der Waals surface area (Å²) >= 11 is 6.26. The van der Waals surface area contributed by atoms with Gasteiger partial charge in [0.15, 0.2) is 5.78 Å². The second-order valence-corrected chi connectivity index (χ2v) is 13.1. The van der Waals surface area contributed by atoms with Gasteiger partial charge in [-0.3, -0.25) is 18.7 Å². The van der Waals surface area contributed by atoms with Crippen LogP contribution in [-0.2, 0) is 32.6 Å². The van der Waals surface area contributed by atoms with E-state index in [2.05, 4.69) is 5.32 Å². The van der Waals surface area contributed by atoms with Crippen molar-refractivity contribution >= 4 is 44.9 Å². The van der Waals surface area contributed by atoms with Gasteiger partial charge in [0.1, 0.15) is 12.6 Å². The smallest absolute Gasteiger partial charge is 0.244 e. The number of nitrogens with zero attached hydrogens (tertiary/aromatic N) is 2. The van der Waals surface area contributed by atoms with Crippen LogP contribution in [0, 0.1) is 0 Å². The standard InChI is InChI=1S/C32H36ClN3O5S/c1-23(37)26-13-9-17-29(20-26)36(42(2,40)41)22-31(38)35(21-25-12-8-14-27(33)18-25)30(19-24-10-4-3-5-11-24)32(39)34-28-15-6-7-16-28/h3-5,8-14,17-18,20,28,30H,6-7,15-16,19,21-22H2,1-2H3,(H,34,39). The molecule has 1 fully saturated rings. The van der Waals surface area contributed by atoms with E-state index in [-0.39, 0.29) is 36.4 Å².